The van der Waals surface area contributed by atoms with Gasteiger partial charge in [0.25, 0.3) is 0 Å². The van der Waals surface area contributed by atoms with Crippen molar-refractivity contribution in [1.29, 1.82) is 0 Å². The summed E-state index contributed by atoms with van der Waals surface area (Å²) in [6.07, 6.45) is 10.9. The molecular weight excluding hydrogens is 216 g/mol. The van der Waals surface area contributed by atoms with E-state index in [0.717, 1.165) is 31.6 Å². The summed E-state index contributed by atoms with van der Waals surface area (Å²) in [5.41, 5.74) is 0. The summed E-state index contributed by atoms with van der Waals surface area (Å²) < 4.78 is 11.8. The van der Waals surface area contributed by atoms with E-state index in [1.54, 1.807) is 0 Å². The molecule has 17 heavy (non-hydrogen) atoms. The van der Waals surface area contributed by atoms with E-state index in [1.165, 1.54) is 32.1 Å². The van der Waals surface area contributed by atoms with Gasteiger partial charge in [-0.15, -0.1) is 0 Å². The van der Waals surface area contributed by atoms with Gasteiger partial charge in [0, 0.05) is 19.4 Å². The summed E-state index contributed by atoms with van der Waals surface area (Å²) in [4.78, 5) is 0. The van der Waals surface area contributed by atoms with Crippen molar-refractivity contribution in [3.8, 4) is 0 Å². The SMILES string of the molecule is OCC1CCC2(C1)OC(CCCCC1CC1)O2. The molecule has 1 N–H and O–H groups in total. The second kappa shape index (κ2) is 4.87. The summed E-state index contributed by atoms with van der Waals surface area (Å²) in [7, 11) is 0. The van der Waals surface area contributed by atoms with Crippen LogP contribution in [0, 0.1) is 11.8 Å². The third-order valence-corrected chi connectivity index (χ3v) is 4.48. The van der Waals surface area contributed by atoms with Crippen LogP contribution in [0.5, 0.6) is 0 Å². The number of ether oxygens (including phenoxy) is 2. The van der Waals surface area contributed by atoms with Crippen molar-refractivity contribution in [3.63, 3.8) is 0 Å². The Morgan fingerprint density at radius 2 is 1.76 bits per heavy atom. The van der Waals surface area contributed by atoms with E-state index in [4.69, 9.17) is 14.6 Å². The van der Waals surface area contributed by atoms with Crippen LogP contribution in [0.4, 0.5) is 0 Å². The Bertz CT molecular complexity index is 256. The fourth-order valence-electron chi connectivity index (χ4n) is 3.19. The summed E-state index contributed by atoms with van der Waals surface area (Å²) in [5, 5.41) is 9.10. The highest BCUT2D eigenvalue weighted by molar-refractivity contribution is 4.88. The smallest absolute Gasteiger partial charge is 0.174 e. The highest BCUT2D eigenvalue weighted by Crippen LogP contribution is 2.46. The fourth-order valence-corrected chi connectivity index (χ4v) is 3.19. The Hall–Kier alpha value is -0.120. The van der Waals surface area contributed by atoms with Crippen molar-refractivity contribution in [1.82, 2.24) is 0 Å². The first-order valence-electron chi connectivity index (χ1n) is 7.26. The molecule has 3 fully saturated rings. The van der Waals surface area contributed by atoms with Crippen molar-refractivity contribution in [2.45, 2.75) is 69.9 Å². The molecule has 1 heterocycles. The van der Waals surface area contributed by atoms with Gasteiger partial charge in [-0.25, -0.2) is 0 Å². The second-order valence-electron chi connectivity index (χ2n) is 6.10. The lowest BCUT2D eigenvalue weighted by atomic mass is 10.1. The van der Waals surface area contributed by atoms with E-state index in [1.807, 2.05) is 0 Å². The van der Waals surface area contributed by atoms with Crippen molar-refractivity contribution >= 4 is 0 Å². The van der Waals surface area contributed by atoms with Crippen LogP contribution in [0.1, 0.15) is 57.8 Å². The second-order valence-corrected chi connectivity index (χ2v) is 6.10. The van der Waals surface area contributed by atoms with E-state index < -0.39 is 0 Å². The van der Waals surface area contributed by atoms with Gasteiger partial charge in [0.2, 0.25) is 0 Å². The molecule has 2 saturated carbocycles. The lowest BCUT2D eigenvalue weighted by molar-refractivity contribution is -0.450. The summed E-state index contributed by atoms with van der Waals surface area (Å²) in [6.45, 7) is 0.278. The van der Waals surface area contributed by atoms with Gasteiger partial charge in [-0.2, -0.15) is 0 Å². The highest BCUT2D eigenvalue weighted by atomic mass is 16.9. The lowest BCUT2D eigenvalue weighted by Crippen LogP contribution is -2.51. The predicted octanol–water partition coefficient (Wildman–Crippen LogP) is 2.82. The maximum absolute atomic E-state index is 9.10. The number of hydrogen-bond acceptors (Lipinski definition) is 3. The lowest BCUT2D eigenvalue weighted by Gasteiger charge is -2.45. The zero-order chi connectivity index (χ0) is 11.7. The Kier molecular flexibility index (Phi) is 3.42. The zero-order valence-corrected chi connectivity index (χ0v) is 10.6. The highest BCUT2D eigenvalue weighted by Gasteiger charge is 2.51. The molecule has 3 heteroatoms. The van der Waals surface area contributed by atoms with E-state index in [9.17, 15) is 0 Å². The molecule has 1 spiro atoms. The third-order valence-electron chi connectivity index (χ3n) is 4.48. The van der Waals surface area contributed by atoms with E-state index in [-0.39, 0.29) is 18.7 Å². The monoisotopic (exact) mass is 240 g/mol. The van der Waals surface area contributed by atoms with E-state index >= 15 is 0 Å². The molecule has 1 unspecified atom stereocenters. The van der Waals surface area contributed by atoms with Gasteiger partial charge in [-0.1, -0.05) is 25.7 Å². The average Bonchev–Trinajstić information content (AvgIpc) is 3.01. The average molecular weight is 240 g/mol. The maximum Gasteiger partial charge on any atom is 0.174 e. The van der Waals surface area contributed by atoms with Crippen LogP contribution in [-0.4, -0.2) is 23.8 Å². The van der Waals surface area contributed by atoms with Crippen LogP contribution >= 0.6 is 0 Å². The summed E-state index contributed by atoms with van der Waals surface area (Å²) >= 11 is 0. The van der Waals surface area contributed by atoms with Crippen LogP contribution in [-0.2, 0) is 9.47 Å². The third kappa shape index (κ3) is 2.83. The molecule has 1 saturated heterocycles. The Morgan fingerprint density at radius 1 is 1.00 bits per heavy atom. The molecule has 0 amide bonds. The molecule has 1 aliphatic heterocycles. The quantitative estimate of drug-likeness (QED) is 0.726. The Morgan fingerprint density at radius 3 is 2.41 bits per heavy atom. The van der Waals surface area contributed by atoms with Crippen molar-refractivity contribution in [2.24, 2.45) is 11.8 Å². The zero-order valence-electron chi connectivity index (χ0n) is 10.6. The normalized spacial score (nSPS) is 40.8. The predicted molar refractivity (Wildman–Crippen MR) is 64.3 cm³/mol. The van der Waals surface area contributed by atoms with E-state index in [0.29, 0.717) is 5.92 Å². The first-order chi connectivity index (χ1) is 8.30. The summed E-state index contributed by atoms with van der Waals surface area (Å²) in [6, 6.07) is 0. The first kappa shape index (κ1) is 11.9. The number of aliphatic hydroxyl groups excluding tert-OH is 1. The largest absolute Gasteiger partial charge is 0.396 e. The molecule has 0 aromatic heterocycles. The van der Waals surface area contributed by atoms with Gasteiger partial charge >= 0.3 is 0 Å². The molecule has 0 radical (unpaired) electrons. The number of rotatable bonds is 6. The molecule has 98 valence electrons. The van der Waals surface area contributed by atoms with Crippen molar-refractivity contribution in [3.05, 3.63) is 0 Å². The Labute approximate surface area is 103 Å². The van der Waals surface area contributed by atoms with Crippen LogP contribution in [0.2, 0.25) is 0 Å². The van der Waals surface area contributed by atoms with Gasteiger partial charge < -0.3 is 14.6 Å². The van der Waals surface area contributed by atoms with Gasteiger partial charge in [-0.3, -0.25) is 0 Å². The molecule has 3 rings (SSSR count). The molecule has 0 bridgehead atoms. The Balaban J connectivity index is 1.28. The standard InChI is InChI=1S/C14H24O3/c15-10-12-7-8-14(9-12)16-13(17-14)4-2-1-3-11-5-6-11/h11-13,15H,1-10H2. The first-order valence-corrected chi connectivity index (χ1v) is 7.26. The van der Waals surface area contributed by atoms with E-state index in [2.05, 4.69) is 0 Å². The minimum Gasteiger partial charge on any atom is -0.396 e. The minimum atomic E-state index is -0.297. The van der Waals surface area contributed by atoms with Gasteiger partial charge in [-0.05, 0) is 31.1 Å². The van der Waals surface area contributed by atoms with Crippen LogP contribution in [0.25, 0.3) is 0 Å². The van der Waals surface area contributed by atoms with Crippen molar-refractivity contribution < 1.29 is 14.6 Å². The van der Waals surface area contributed by atoms with Crippen LogP contribution in [0.15, 0.2) is 0 Å². The van der Waals surface area contributed by atoms with Gasteiger partial charge in [0.1, 0.15) is 0 Å². The minimum absolute atomic E-state index is 0.0478. The molecule has 0 aromatic rings. The molecule has 2 aliphatic carbocycles. The molecule has 0 aromatic carbocycles. The number of unbranched alkanes of at least 4 members (excludes halogenated alkanes) is 1. The van der Waals surface area contributed by atoms with Crippen molar-refractivity contribution in [2.75, 3.05) is 6.61 Å². The summed E-state index contributed by atoms with van der Waals surface area (Å²) in [5.74, 6) is 1.14. The maximum atomic E-state index is 9.10. The van der Waals surface area contributed by atoms with Crippen LogP contribution < -0.4 is 0 Å². The molecule has 3 aliphatic rings. The molecule has 1 atom stereocenters. The van der Waals surface area contributed by atoms with Gasteiger partial charge in [0.05, 0.1) is 0 Å². The number of hydrogen-bond donors (Lipinski definition) is 1. The molecule has 3 nitrogen and oxygen atoms in total. The van der Waals surface area contributed by atoms with Gasteiger partial charge in [0.15, 0.2) is 12.1 Å². The fraction of sp³-hybridized carbons (Fsp3) is 1.00. The van der Waals surface area contributed by atoms with Crippen LogP contribution in [0.3, 0.4) is 0 Å². The topological polar surface area (TPSA) is 38.7 Å². The number of aliphatic hydroxyl groups is 1. The molecular formula is C14H24O3.